The summed E-state index contributed by atoms with van der Waals surface area (Å²) in [4.78, 5) is 0. The quantitative estimate of drug-likeness (QED) is 0.163. The predicted molar refractivity (Wildman–Crippen MR) is 122 cm³/mol. The molecule has 3 N–H and O–H groups in total. The van der Waals surface area contributed by atoms with Gasteiger partial charge >= 0.3 is 0 Å². The summed E-state index contributed by atoms with van der Waals surface area (Å²) >= 11 is 0. The Morgan fingerprint density at radius 1 is 0.429 bits per heavy atom. The van der Waals surface area contributed by atoms with E-state index in [9.17, 15) is 5.11 Å². The van der Waals surface area contributed by atoms with Gasteiger partial charge in [0.15, 0.2) is 0 Å². The highest BCUT2D eigenvalue weighted by atomic mass is 16.4. The number of hydrogen-bond acceptors (Lipinski definition) is 3. The van der Waals surface area contributed by atoms with Crippen LogP contribution in [0, 0.1) is 0 Å². The maximum absolute atomic E-state index is 9.78. The molecular weight excluding hydrogens is 348 g/mol. The van der Waals surface area contributed by atoms with Crippen LogP contribution in [0.4, 0.5) is 0 Å². The van der Waals surface area contributed by atoms with E-state index in [-0.39, 0.29) is 13.2 Å². The number of hydrogen-bond donors (Lipinski definition) is 3. The normalized spacial score (nSPS) is 12.0. The third-order valence-corrected chi connectivity index (χ3v) is 6.08. The Morgan fingerprint density at radius 3 is 0.929 bits per heavy atom. The molecule has 0 saturated heterocycles. The van der Waals surface area contributed by atoms with Crippen LogP contribution in [0.25, 0.3) is 0 Å². The molecule has 0 aromatic heterocycles. The lowest BCUT2D eigenvalue weighted by Gasteiger charge is -2.22. The lowest BCUT2D eigenvalue weighted by Crippen LogP contribution is -2.37. The molecule has 0 atom stereocenters. The van der Waals surface area contributed by atoms with Crippen LogP contribution < -0.4 is 0 Å². The zero-order chi connectivity index (χ0) is 20.8. The van der Waals surface area contributed by atoms with Crippen molar-refractivity contribution in [2.45, 2.75) is 147 Å². The second-order valence-electron chi connectivity index (χ2n) is 9.01. The van der Waals surface area contributed by atoms with Gasteiger partial charge in [-0.25, -0.2) is 0 Å². The molecule has 0 saturated carbocycles. The summed E-state index contributed by atoms with van der Waals surface area (Å²) in [6.45, 7) is 1.59. The SMILES string of the molecule is CCCCCCCCCCCCCCCCCCCCCCC(O)(CO)CO. The average Bonchev–Trinajstić information content (AvgIpc) is 2.72. The van der Waals surface area contributed by atoms with E-state index in [0.29, 0.717) is 6.42 Å². The minimum Gasteiger partial charge on any atom is -0.393 e. The van der Waals surface area contributed by atoms with Crippen molar-refractivity contribution < 1.29 is 15.3 Å². The number of unbranched alkanes of at least 4 members (excludes halogenated alkanes) is 19. The Bertz CT molecular complexity index is 290. The van der Waals surface area contributed by atoms with Gasteiger partial charge in [-0.15, -0.1) is 0 Å². The number of aliphatic hydroxyl groups is 3. The molecule has 0 bridgehead atoms. The molecule has 0 aromatic carbocycles. The third-order valence-electron chi connectivity index (χ3n) is 6.08. The standard InChI is InChI=1S/C25H52O3/c1-2-3-4-5-6-7-8-9-10-11-12-13-14-15-16-17-18-19-20-21-22-25(28,23-26)24-27/h26-28H,2-24H2,1H3. The first-order chi connectivity index (χ1) is 13.7. The molecule has 0 rings (SSSR count). The van der Waals surface area contributed by atoms with Crippen molar-refractivity contribution >= 4 is 0 Å². The van der Waals surface area contributed by atoms with Gasteiger partial charge in [-0.05, 0) is 6.42 Å². The van der Waals surface area contributed by atoms with Crippen LogP contribution in [-0.4, -0.2) is 34.1 Å². The highest BCUT2D eigenvalue weighted by Crippen LogP contribution is 2.17. The lowest BCUT2D eigenvalue weighted by molar-refractivity contribution is -0.0616. The highest BCUT2D eigenvalue weighted by Gasteiger charge is 2.23. The summed E-state index contributed by atoms with van der Waals surface area (Å²) in [7, 11) is 0. The van der Waals surface area contributed by atoms with Crippen LogP contribution in [0.1, 0.15) is 142 Å². The van der Waals surface area contributed by atoms with Gasteiger partial charge in [0.1, 0.15) is 5.60 Å². The Labute approximate surface area is 176 Å². The summed E-state index contributed by atoms with van der Waals surface area (Å²) in [5.41, 5.74) is -1.27. The van der Waals surface area contributed by atoms with Crippen LogP contribution in [0.5, 0.6) is 0 Å². The molecular formula is C25H52O3. The van der Waals surface area contributed by atoms with E-state index in [1.54, 1.807) is 0 Å². The molecule has 0 aliphatic rings. The highest BCUT2D eigenvalue weighted by molar-refractivity contribution is 4.75. The van der Waals surface area contributed by atoms with Gasteiger partial charge in [0.2, 0.25) is 0 Å². The summed E-state index contributed by atoms with van der Waals surface area (Å²) in [5.74, 6) is 0. The van der Waals surface area contributed by atoms with Crippen LogP contribution >= 0.6 is 0 Å². The smallest absolute Gasteiger partial charge is 0.111 e. The van der Waals surface area contributed by atoms with Crippen LogP contribution in [0.15, 0.2) is 0 Å². The minimum absolute atomic E-state index is 0.345. The summed E-state index contributed by atoms with van der Waals surface area (Å²) in [6, 6.07) is 0. The number of rotatable bonds is 23. The minimum atomic E-state index is -1.27. The lowest BCUT2D eigenvalue weighted by atomic mass is 9.97. The first-order valence-corrected chi connectivity index (χ1v) is 12.6. The van der Waals surface area contributed by atoms with E-state index in [0.717, 1.165) is 12.8 Å². The van der Waals surface area contributed by atoms with Crippen molar-refractivity contribution in [3.63, 3.8) is 0 Å². The Morgan fingerprint density at radius 2 is 0.679 bits per heavy atom. The van der Waals surface area contributed by atoms with E-state index >= 15 is 0 Å². The zero-order valence-corrected chi connectivity index (χ0v) is 19.1. The van der Waals surface area contributed by atoms with Gasteiger partial charge in [0.05, 0.1) is 13.2 Å². The molecule has 0 aliphatic heterocycles. The molecule has 170 valence electrons. The monoisotopic (exact) mass is 400 g/mol. The topological polar surface area (TPSA) is 60.7 Å². The molecule has 0 amide bonds. The molecule has 0 unspecified atom stereocenters. The largest absolute Gasteiger partial charge is 0.393 e. The van der Waals surface area contributed by atoms with Gasteiger partial charge in [-0.1, -0.05) is 135 Å². The van der Waals surface area contributed by atoms with E-state index in [1.807, 2.05) is 0 Å². The first-order valence-electron chi connectivity index (χ1n) is 12.6. The van der Waals surface area contributed by atoms with Gasteiger partial charge in [0.25, 0.3) is 0 Å². The Hall–Kier alpha value is -0.120. The molecule has 0 aliphatic carbocycles. The van der Waals surface area contributed by atoms with Crippen LogP contribution in [0.2, 0.25) is 0 Å². The molecule has 0 aromatic rings. The first kappa shape index (κ1) is 27.9. The van der Waals surface area contributed by atoms with Crippen molar-refractivity contribution in [1.82, 2.24) is 0 Å². The van der Waals surface area contributed by atoms with E-state index in [1.165, 1.54) is 116 Å². The molecule has 3 heteroatoms. The summed E-state index contributed by atoms with van der Waals surface area (Å²) in [5, 5.41) is 27.8. The van der Waals surface area contributed by atoms with Gasteiger partial charge in [-0.3, -0.25) is 0 Å². The van der Waals surface area contributed by atoms with E-state index in [2.05, 4.69) is 6.92 Å². The van der Waals surface area contributed by atoms with Gasteiger partial charge < -0.3 is 15.3 Å². The molecule has 0 spiro atoms. The van der Waals surface area contributed by atoms with Crippen molar-refractivity contribution in [2.24, 2.45) is 0 Å². The van der Waals surface area contributed by atoms with Crippen molar-refractivity contribution in [1.29, 1.82) is 0 Å². The van der Waals surface area contributed by atoms with Crippen LogP contribution in [0.3, 0.4) is 0 Å². The van der Waals surface area contributed by atoms with Crippen molar-refractivity contribution in [3.05, 3.63) is 0 Å². The summed E-state index contributed by atoms with van der Waals surface area (Å²) < 4.78 is 0. The second kappa shape index (κ2) is 21.6. The maximum Gasteiger partial charge on any atom is 0.111 e. The molecule has 3 nitrogen and oxygen atoms in total. The predicted octanol–water partition coefficient (Wildman–Crippen LogP) is 6.91. The zero-order valence-electron chi connectivity index (χ0n) is 19.1. The Balaban J connectivity index is 3.11. The van der Waals surface area contributed by atoms with E-state index in [4.69, 9.17) is 10.2 Å². The summed E-state index contributed by atoms with van der Waals surface area (Å²) in [6.07, 6.45) is 27.6. The fraction of sp³-hybridized carbons (Fsp3) is 1.00. The molecule has 0 heterocycles. The second-order valence-corrected chi connectivity index (χ2v) is 9.01. The third kappa shape index (κ3) is 19.2. The molecule has 28 heavy (non-hydrogen) atoms. The van der Waals surface area contributed by atoms with Crippen LogP contribution in [-0.2, 0) is 0 Å². The maximum atomic E-state index is 9.78. The van der Waals surface area contributed by atoms with Gasteiger partial charge in [-0.2, -0.15) is 0 Å². The van der Waals surface area contributed by atoms with Gasteiger partial charge in [0, 0.05) is 0 Å². The Kier molecular flexibility index (Phi) is 21.5. The number of aliphatic hydroxyl groups excluding tert-OH is 2. The van der Waals surface area contributed by atoms with E-state index < -0.39 is 5.60 Å². The fourth-order valence-electron chi connectivity index (χ4n) is 3.92. The van der Waals surface area contributed by atoms with Crippen molar-refractivity contribution in [2.75, 3.05) is 13.2 Å². The molecule has 0 fully saturated rings. The molecule has 0 radical (unpaired) electrons. The fourth-order valence-corrected chi connectivity index (χ4v) is 3.92. The van der Waals surface area contributed by atoms with Crippen molar-refractivity contribution in [3.8, 4) is 0 Å². The average molecular weight is 401 g/mol.